The van der Waals surface area contributed by atoms with Crippen molar-refractivity contribution in [1.29, 1.82) is 0 Å². The highest BCUT2D eigenvalue weighted by Crippen LogP contribution is 2.30. The molecule has 1 saturated heterocycles. The third kappa shape index (κ3) is 2.57. The van der Waals surface area contributed by atoms with E-state index in [1.165, 1.54) is 11.3 Å². The maximum Gasteiger partial charge on any atom is 0.246 e. The molecule has 1 N–H and O–H groups in total. The van der Waals surface area contributed by atoms with Gasteiger partial charge in [0.1, 0.15) is 17.1 Å². The second-order valence-electron chi connectivity index (χ2n) is 5.67. The van der Waals surface area contributed by atoms with E-state index >= 15 is 0 Å². The number of carbonyl (C=O) groups excluding carboxylic acids is 2. The molecule has 0 radical (unpaired) electrons. The fourth-order valence-electron chi connectivity index (χ4n) is 2.59. The number of nitrogens with zero attached hydrogens (tertiary/aromatic N) is 2. The lowest BCUT2D eigenvalue weighted by atomic mass is 9.95. The molecule has 3 unspecified atom stereocenters. The zero-order chi connectivity index (χ0) is 15.0. The van der Waals surface area contributed by atoms with Gasteiger partial charge < -0.3 is 10.2 Å². The first-order valence-corrected chi connectivity index (χ1v) is 7.75. The summed E-state index contributed by atoms with van der Waals surface area (Å²) in [5, 5.41) is 5.60. The summed E-state index contributed by atoms with van der Waals surface area (Å²) in [6.45, 7) is 9.52. The minimum absolute atomic E-state index is 0.0383. The topological polar surface area (TPSA) is 62.3 Å². The van der Waals surface area contributed by atoms with Gasteiger partial charge in [-0.25, -0.2) is 4.98 Å². The molecule has 2 heterocycles. The molecule has 5 nitrogen and oxygen atoms in total. The maximum atomic E-state index is 12.5. The number of amides is 2. The lowest BCUT2D eigenvalue weighted by Crippen LogP contribution is -2.64. The Morgan fingerprint density at radius 1 is 1.35 bits per heavy atom. The monoisotopic (exact) mass is 295 g/mol. The summed E-state index contributed by atoms with van der Waals surface area (Å²) in [6.07, 6.45) is 0. The quantitative estimate of drug-likeness (QED) is 0.926. The van der Waals surface area contributed by atoms with Crippen LogP contribution >= 0.6 is 11.3 Å². The highest BCUT2D eigenvalue weighted by atomic mass is 32.1. The summed E-state index contributed by atoms with van der Waals surface area (Å²) in [5.74, 6) is -0.0501. The van der Waals surface area contributed by atoms with Crippen LogP contribution in [-0.2, 0) is 9.59 Å². The van der Waals surface area contributed by atoms with Crippen molar-refractivity contribution in [2.24, 2.45) is 5.92 Å². The van der Waals surface area contributed by atoms with Gasteiger partial charge in [-0.3, -0.25) is 9.59 Å². The highest BCUT2D eigenvalue weighted by Gasteiger charge is 2.43. The minimum atomic E-state index is -0.471. The van der Waals surface area contributed by atoms with Gasteiger partial charge in [-0.05, 0) is 26.7 Å². The molecule has 0 aromatic carbocycles. The Labute approximate surface area is 123 Å². The van der Waals surface area contributed by atoms with E-state index < -0.39 is 12.1 Å². The van der Waals surface area contributed by atoms with Crippen LogP contribution < -0.4 is 5.32 Å². The van der Waals surface area contributed by atoms with E-state index in [9.17, 15) is 9.59 Å². The molecule has 0 bridgehead atoms. The van der Waals surface area contributed by atoms with Crippen LogP contribution in [0, 0.1) is 12.8 Å². The van der Waals surface area contributed by atoms with Crippen LogP contribution in [0.5, 0.6) is 0 Å². The number of carbonyl (C=O) groups is 2. The predicted octanol–water partition coefficient (Wildman–Crippen LogP) is 1.88. The smallest absolute Gasteiger partial charge is 0.246 e. The van der Waals surface area contributed by atoms with Gasteiger partial charge in [0.25, 0.3) is 0 Å². The second kappa shape index (κ2) is 5.52. The van der Waals surface area contributed by atoms with Crippen molar-refractivity contribution in [3.8, 4) is 0 Å². The summed E-state index contributed by atoms with van der Waals surface area (Å²) in [5.41, 5.74) is 0.944. The summed E-state index contributed by atoms with van der Waals surface area (Å²) < 4.78 is 0. The van der Waals surface area contributed by atoms with Crippen LogP contribution in [0.4, 0.5) is 0 Å². The molecule has 1 aromatic heterocycles. The molecule has 1 fully saturated rings. The Kier molecular flexibility index (Phi) is 4.13. The van der Waals surface area contributed by atoms with Gasteiger partial charge in [-0.1, -0.05) is 13.8 Å². The van der Waals surface area contributed by atoms with Gasteiger partial charge in [0.15, 0.2) is 0 Å². The van der Waals surface area contributed by atoms with Crippen LogP contribution in [0.25, 0.3) is 0 Å². The molecule has 2 rings (SSSR count). The largest absolute Gasteiger partial charge is 0.343 e. The van der Waals surface area contributed by atoms with Crippen molar-refractivity contribution in [2.45, 2.75) is 52.7 Å². The van der Waals surface area contributed by atoms with E-state index in [0.29, 0.717) is 0 Å². The predicted molar refractivity (Wildman–Crippen MR) is 78.3 cm³/mol. The molecular formula is C14H21N3O2S. The average Bonchev–Trinajstić information content (AvgIpc) is 2.78. The lowest BCUT2D eigenvalue weighted by molar-refractivity contribution is -0.153. The third-order valence-corrected chi connectivity index (χ3v) is 4.73. The molecule has 1 aliphatic rings. The number of rotatable bonds is 3. The van der Waals surface area contributed by atoms with E-state index in [1.807, 2.05) is 33.1 Å². The molecule has 0 aliphatic carbocycles. The van der Waals surface area contributed by atoms with Crippen molar-refractivity contribution in [2.75, 3.05) is 0 Å². The zero-order valence-corrected chi connectivity index (χ0v) is 13.3. The summed E-state index contributed by atoms with van der Waals surface area (Å²) in [4.78, 5) is 30.9. The Hall–Kier alpha value is -1.43. The number of aryl methyl sites for hydroxylation is 1. The first kappa shape index (κ1) is 15.0. The molecule has 0 spiro atoms. The zero-order valence-electron chi connectivity index (χ0n) is 12.5. The third-order valence-electron chi connectivity index (χ3n) is 3.59. The number of hydrogen-bond donors (Lipinski definition) is 1. The summed E-state index contributed by atoms with van der Waals surface area (Å²) in [7, 11) is 0. The van der Waals surface area contributed by atoms with E-state index in [4.69, 9.17) is 0 Å². The number of piperazine rings is 1. The Morgan fingerprint density at radius 3 is 2.50 bits per heavy atom. The van der Waals surface area contributed by atoms with Crippen molar-refractivity contribution in [1.82, 2.24) is 15.2 Å². The molecule has 1 aromatic rings. The molecule has 20 heavy (non-hydrogen) atoms. The molecule has 1 aliphatic heterocycles. The van der Waals surface area contributed by atoms with Crippen LogP contribution in [0.2, 0.25) is 0 Å². The lowest BCUT2D eigenvalue weighted by Gasteiger charge is -2.42. The van der Waals surface area contributed by atoms with E-state index in [-0.39, 0.29) is 23.8 Å². The molecule has 110 valence electrons. The van der Waals surface area contributed by atoms with Crippen molar-refractivity contribution in [3.63, 3.8) is 0 Å². The van der Waals surface area contributed by atoms with Gasteiger partial charge in [0.05, 0.1) is 6.04 Å². The second-order valence-corrected chi connectivity index (χ2v) is 6.56. The van der Waals surface area contributed by atoms with Crippen LogP contribution in [-0.4, -0.2) is 33.8 Å². The molecule has 6 heteroatoms. The number of nitrogens with one attached hydrogen (secondary N) is 1. The Bertz CT molecular complexity index is 526. The first-order chi connectivity index (χ1) is 9.32. The fraction of sp³-hybridized carbons (Fsp3) is 0.643. The molecule has 3 atom stereocenters. The van der Waals surface area contributed by atoms with Crippen LogP contribution in [0.1, 0.15) is 44.4 Å². The van der Waals surface area contributed by atoms with E-state index in [0.717, 1.165) is 10.7 Å². The van der Waals surface area contributed by atoms with Crippen molar-refractivity contribution >= 4 is 23.2 Å². The molecular weight excluding hydrogens is 274 g/mol. The van der Waals surface area contributed by atoms with Gasteiger partial charge in [-0.2, -0.15) is 0 Å². The fourth-order valence-corrected chi connectivity index (χ4v) is 3.44. The van der Waals surface area contributed by atoms with Gasteiger partial charge in [0, 0.05) is 11.1 Å². The number of aromatic nitrogens is 1. The number of hydrogen-bond acceptors (Lipinski definition) is 4. The number of thiazole rings is 1. The molecule has 2 amide bonds. The van der Waals surface area contributed by atoms with Crippen molar-refractivity contribution in [3.05, 3.63) is 16.1 Å². The standard InChI is InChI=1S/C14H21N3O2S/c1-7(2)11-12(18)16-9(4)14(19)17(11)10(5)13-15-8(3)6-20-13/h6-7,9-11H,1-5H3,(H,16,18). The van der Waals surface area contributed by atoms with Gasteiger partial charge in [0.2, 0.25) is 11.8 Å². The van der Waals surface area contributed by atoms with Crippen LogP contribution in [0.15, 0.2) is 5.38 Å². The summed E-state index contributed by atoms with van der Waals surface area (Å²) in [6, 6.07) is -1.08. The van der Waals surface area contributed by atoms with E-state index in [2.05, 4.69) is 10.3 Å². The first-order valence-electron chi connectivity index (χ1n) is 6.87. The SMILES string of the molecule is Cc1csc(C(C)N2C(=O)C(C)NC(=O)C2C(C)C)n1. The Morgan fingerprint density at radius 2 is 2.00 bits per heavy atom. The summed E-state index contributed by atoms with van der Waals surface area (Å²) >= 11 is 1.53. The highest BCUT2D eigenvalue weighted by molar-refractivity contribution is 7.09. The average molecular weight is 295 g/mol. The van der Waals surface area contributed by atoms with Crippen LogP contribution in [0.3, 0.4) is 0 Å². The van der Waals surface area contributed by atoms with E-state index in [1.54, 1.807) is 11.8 Å². The van der Waals surface area contributed by atoms with Gasteiger partial charge in [-0.15, -0.1) is 11.3 Å². The molecule has 0 saturated carbocycles. The van der Waals surface area contributed by atoms with Gasteiger partial charge >= 0.3 is 0 Å². The maximum absolute atomic E-state index is 12.5. The Balaban J connectivity index is 2.37. The normalized spacial score (nSPS) is 25.0. The van der Waals surface area contributed by atoms with Crippen molar-refractivity contribution < 1.29 is 9.59 Å². The minimum Gasteiger partial charge on any atom is -0.343 e.